The molecule has 2 heterocycles. The molecule has 1 atom stereocenters. The molecule has 4 rings (SSSR count). The molecule has 140 valence electrons. The minimum atomic E-state index is -0.387. The summed E-state index contributed by atoms with van der Waals surface area (Å²) in [6.07, 6.45) is 11.8. The van der Waals surface area contributed by atoms with Crippen LogP contribution in [0.25, 0.3) is 11.1 Å². The summed E-state index contributed by atoms with van der Waals surface area (Å²) in [6.45, 7) is 0.853. The van der Waals surface area contributed by atoms with E-state index in [-0.39, 0.29) is 6.04 Å². The van der Waals surface area contributed by atoms with Crippen molar-refractivity contribution in [2.75, 3.05) is 6.54 Å². The maximum Gasteiger partial charge on any atom is 0.146 e. The normalized spacial score (nSPS) is 19.7. The second-order valence-electron chi connectivity index (χ2n) is 7.48. The van der Waals surface area contributed by atoms with Crippen LogP contribution >= 0.6 is 0 Å². The number of aldehydes is 1. The highest BCUT2D eigenvalue weighted by molar-refractivity contribution is 5.94. The molecule has 1 saturated carbocycles. The van der Waals surface area contributed by atoms with Crippen LogP contribution in [0.3, 0.4) is 0 Å². The number of pyridine rings is 1. The molecule has 4 heteroatoms. The van der Waals surface area contributed by atoms with E-state index < -0.39 is 0 Å². The number of hydrogen-bond donors (Lipinski definition) is 0. The summed E-state index contributed by atoms with van der Waals surface area (Å²) in [5.41, 5.74) is 4.12. The molecule has 28 heavy (non-hydrogen) atoms. The molecule has 0 bridgehead atoms. The predicted octanol–water partition coefficient (Wildman–Crippen LogP) is 4.45. The SMILES string of the molecule is N#Cc1ccccc1C1=CC(c2ccccn2)=CN(CC2CCCC2)C1C=O. The van der Waals surface area contributed by atoms with Crippen LogP contribution < -0.4 is 0 Å². The number of hydrogen-bond acceptors (Lipinski definition) is 4. The summed E-state index contributed by atoms with van der Waals surface area (Å²) in [4.78, 5) is 18.8. The van der Waals surface area contributed by atoms with Crippen LogP contribution in [0.2, 0.25) is 0 Å². The third-order valence-electron chi connectivity index (χ3n) is 5.68. The van der Waals surface area contributed by atoms with Gasteiger partial charge in [0.15, 0.2) is 0 Å². The minimum absolute atomic E-state index is 0.387. The lowest BCUT2D eigenvalue weighted by atomic mass is 9.89. The summed E-state index contributed by atoms with van der Waals surface area (Å²) >= 11 is 0. The molecule has 2 aromatic rings. The zero-order valence-electron chi connectivity index (χ0n) is 15.8. The number of aromatic nitrogens is 1. The average molecular weight is 369 g/mol. The van der Waals surface area contributed by atoms with Gasteiger partial charge in [-0.1, -0.05) is 37.1 Å². The Morgan fingerprint density at radius 3 is 2.64 bits per heavy atom. The van der Waals surface area contributed by atoms with E-state index >= 15 is 0 Å². The fourth-order valence-corrected chi connectivity index (χ4v) is 4.28. The van der Waals surface area contributed by atoms with Gasteiger partial charge < -0.3 is 9.69 Å². The van der Waals surface area contributed by atoms with Crippen LogP contribution in [0.15, 0.2) is 60.9 Å². The topological polar surface area (TPSA) is 57.0 Å². The van der Waals surface area contributed by atoms with Crippen molar-refractivity contribution >= 4 is 17.4 Å². The quantitative estimate of drug-likeness (QED) is 0.731. The molecule has 0 amide bonds. The van der Waals surface area contributed by atoms with E-state index in [1.807, 2.05) is 42.5 Å². The van der Waals surface area contributed by atoms with Crippen LogP contribution in [0.5, 0.6) is 0 Å². The van der Waals surface area contributed by atoms with Crippen LogP contribution in [0, 0.1) is 17.2 Å². The molecule has 1 aromatic heterocycles. The van der Waals surface area contributed by atoms with Crippen LogP contribution in [-0.4, -0.2) is 28.8 Å². The first kappa shape index (κ1) is 18.2. The summed E-state index contributed by atoms with van der Waals surface area (Å²) in [5, 5.41) is 9.58. The fourth-order valence-electron chi connectivity index (χ4n) is 4.28. The van der Waals surface area contributed by atoms with E-state index in [9.17, 15) is 10.1 Å². The molecule has 2 aliphatic rings. The van der Waals surface area contributed by atoms with Gasteiger partial charge in [0.2, 0.25) is 0 Å². The number of nitriles is 1. The molecular formula is C24H23N3O. The van der Waals surface area contributed by atoms with Gasteiger partial charge >= 0.3 is 0 Å². The van der Waals surface area contributed by atoms with E-state index in [0.29, 0.717) is 11.5 Å². The Labute approximate surface area is 165 Å². The lowest BCUT2D eigenvalue weighted by Crippen LogP contribution is -2.38. The number of carbonyl (C=O) groups excluding carboxylic acids is 1. The van der Waals surface area contributed by atoms with Crippen molar-refractivity contribution in [3.8, 4) is 6.07 Å². The zero-order chi connectivity index (χ0) is 19.3. The van der Waals surface area contributed by atoms with Crippen LogP contribution in [0.1, 0.15) is 42.5 Å². The van der Waals surface area contributed by atoms with E-state index in [2.05, 4.69) is 22.2 Å². The van der Waals surface area contributed by atoms with E-state index in [0.717, 1.165) is 35.2 Å². The molecule has 0 saturated heterocycles. The first-order valence-electron chi connectivity index (χ1n) is 9.85. The van der Waals surface area contributed by atoms with Gasteiger partial charge in [-0.2, -0.15) is 5.26 Å². The van der Waals surface area contributed by atoms with Gasteiger partial charge in [0.1, 0.15) is 12.3 Å². The Morgan fingerprint density at radius 1 is 1.14 bits per heavy atom. The molecule has 4 nitrogen and oxygen atoms in total. The molecule has 1 aliphatic carbocycles. The Bertz CT molecular complexity index is 949. The Hall–Kier alpha value is -3.19. The summed E-state index contributed by atoms with van der Waals surface area (Å²) < 4.78 is 0. The largest absolute Gasteiger partial charge is 0.363 e. The smallest absolute Gasteiger partial charge is 0.146 e. The second-order valence-corrected chi connectivity index (χ2v) is 7.48. The van der Waals surface area contributed by atoms with Crippen molar-refractivity contribution in [1.29, 1.82) is 5.26 Å². The standard InChI is InChI=1S/C24H23N3O/c25-14-19-9-3-4-10-21(19)22-13-20(23-11-5-6-12-26-23)16-27(24(22)17-28)15-18-7-1-2-8-18/h3-6,9-13,16-18,24H,1-2,7-8,15H2. The van der Waals surface area contributed by atoms with Gasteiger partial charge in [-0.05, 0) is 54.2 Å². The lowest BCUT2D eigenvalue weighted by molar-refractivity contribution is -0.110. The lowest BCUT2D eigenvalue weighted by Gasteiger charge is -2.35. The van der Waals surface area contributed by atoms with Gasteiger partial charge in [-0.3, -0.25) is 4.98 Å². The monoisotopic (exact) mass is 369 g/mol. The second kappa shape index (κ2) is 8.22. The highest BCUT2D eigenvalue weighted by Crippen LogP contribution is 2.35. The van der Waals surface area contributed by atoms with Crippen molar-refractivity contribution in [3.63, 3.8) is 0 Å². The molecule has 1 unspecified atom stereocenters. The highest BCUT2D eigenvalue weighted by Gasteiger charge is 2.29. The highest BCUT2D eigenvalue weighted by atomic mass is 16.1. The fraction of sp³-hybridized carbons (Fsp3) is 0.292. The Morgan fingerprint density at radius 2 is 1.93 bits per heavy atom. The molecular weight excluding hydrogens is 346 g/mol. The number of rotatable bonds is 5. The van der Waals surface area contributed by atoms with Gasteiger partial charge in [0.05, 0.1) is 17.3 Å². The first-order chi connectivity index (χ1) is 13.8. The first-order valence-corrected chi connectivity index (χ1v) is 9.85. The zero-order valence-corrected chi connectivity index (χ0v) is 15.8. The van der Waals surface area contributed by atoms with Crippen molar-refractivity contribution in [2.24, 2.45) is 5.92 Å². The van der Waals surface area contributed by atoms with Gasteiger partial charge in [0.25, 0.3) is 0 Å². The number of nitrogens with zero attached hydrogens (tertiary/aromatic N) is 3. The third kappa shape index (κ3) is 3.61. The number of benzene rings is 1. The van der Waals surface area contributed by atoms with E-state index in [1.54, 1.807) is 12.3 Å². The Kier molecular flexibility index (Phi) is 5.34. The van der Waals surface area contributed by atoms with E-state index in [1.165, 1.54) is 25.7 Å². The predicted molar refractivity (Wildman–Crippen MR) is 110 cm³/mol. The van der Waals surface area contributed by atoms with Crippen molar-refractivity contribution in [2.45, 2.75) is 31.7 Å². The number of carbonyl (C=O) groups is 1. The van der Waals surface area contributed by atoms with Gasteiger partial charge in [-0.15, -0.1) is 0 Å². The maximum absolute atomic E-state index is 12.2. The van der Waals surface area contributed by atoms with Crippen molar-refractivity contribution in [1.82, 2.24) is 9.88 Å². The maximum atomic E-state index is 12.2. The van der Waals surface area contributed by atoms with Gasteiger partial charge in [-0.25, -0.2) is 0 Å². The summed E-state index contributed by atoms with van der Waals surface area (Å²) in [7, 11) is 0. The molecule has 1 fully saturated rings. The molecule has 1 aliphatic heterocycles. The molecule has 0 spiro atoms. The van der Waals surface area contributed by atoms with Crippen molar-refractivity contribution < 1.29 is 4.79 Å². The molecule has 0 N–H and O–H groups in total. The van der Waals surface area contributed by atoms with Crippen LogP contribution in [-0.2, 0) is 4.79 Å². The third-order valence-corrected chi connectivity index (χ3v) is 5.68. The van der Waals surface area contributed by atoms with Crippen molar-refractivity contribution in [3.05, 3.63) is 77.8 Å². The average Bonchev–Trinajstić information content (AvgIpc) is 3.27. The number of allylic oxidation sites excluding steroid dienone is 2. The molecule has 1 aromatic carbocycles. The molecule has 0 radical (unpaired) electrons. The summed E-state index contributed by atoms with van der Waals surface area (Å²) in [6, 6.07) is 15.2. The van der Waals surface area contributed by atoms with Crippen LogP contribution in [0.4, 0.5) is 0 Å². The summed E-state index contributed by atoms with van der Waals surface area (Å²) in [5.74, 6) is 0.606. The minimum Gasteiger partial charge on any atom is -0.363 e. The van der Waals surface area contributed by atoms with E-state index in [4.69, 9.17) is 0 Å². The Balaban J connectivity index is 1.80. The van der Waals surface area contributed by atoms with Gasteiger partial charge in [0, 0.05) is 24.5 Å².